The molecular formula is C25H32N6O4. The van der Waals surface area contributed by atoms with Crippen LogP contribution in [-0.2, 0) is 9.59 Å². The number of ether oxygens (including phenoxy) is 2. The van der Waals surface area contributed by atoms with E-state index >= 15 is 0 Å². The smallest absolute Gasteiger partial charge is 0.238 e. The minimum atomic E-state index is -0.620. The number of benzene rings is 1. The lowest BCUT2D eigenvalue weighted by Gasteiger charge is -2.23. The van der Waals surface area contributed by atoms with Crippen LogP contribution in [0.1, 0.15) is 43.6 Å². The first kappa shape index (κ1) is 24.4. The molecule has 186 valence electrons. The van der Waals surface area contributed by atoms with Crippen molar-refractivity contribution in [3.63, 3.8) is 0 Å². The summed E-state index contributed by atoms with van der Waals surface area (Å²) < 4.78 is 11.4. The van der Waals surface area contributed by atoms with E-state index in [0.717, 1.165) is 25.7 Å². The van der Waals surface area contributed by atoms with E-state index in [0.29, 0.717) is 60.5 Å². The van der Waals surface area contributed by atoms with Gasteiger partial charge in [-0.1, -0.05) is 0 Å². The highest BCUT2D eigenvalue weighted by Crippen LogP contribution is 2.37. The molecule has 3 heterocycles. The van der Waals surface area contributed by atoms with Gasteiger partial charge in [0.2, 0.25) is 11.8 Å². The number of fused-ring (bicyclic) bond motifs is 2. The Morgan fingerprint density at radius 1 is 1.06 bits per heavy atom. The topological polar surface area (TPSA) is 109 Å². The number of methoxy groups -OCH3 is 1. The maximum Gasteiger partial charge on any atom is 0.238 e. The van der Waals surface area contributed by atoms with E-state index in [4.69, 9.17) is 9.47 Å². The molecule has 2 aliphatic heterocycles. The Morgan fingerprint density at radius 2 is 1.89 bits per heavy atom. The Kier molecular flexibility index (Phi) is 7.79. The molecule has 1 unspecified atom stereocenters. The van der Waals surface area contributed by atoms with Crippen LogP contribution in [0.3, 0.4) is 0 Å². The summed E-state index contributed by atoms with van der Waals surface area (Å²) in [6.45, 7) is 1.84. The van der Waals surface area contributed by atoms with Gasteiger partial charge in [0.15, 0.2) is 11.5 Å². The Balaban J connectivity index is 1.64. The summed E-state index contributed by atoms with van der Waals surface area (Å²) in [5.41, 5.74) is 1.35. The monoisotopic (exact) mass is 480 g/mol. The lowest BCUT2D eigenvalue weighted by atomic mass is 10.0. The Hall–Kier alpha value is -3.69. The molecule has 0 spiro atoms. The number of anilines is 2. The van der Waals surface area contributed by atoms with Crippen LogP contribution >= 0.6 is 0 Å². The highest BCUT2D eigenvalue weighted by molar-refractivity contribution is 6.13. The standard InChI is InChI=1S/C25H32N6O4/c1-30-11-7-12-31(2)24-22-18(25(33)29-23(22)27-16-28-24)15-26-17-9-10-19(34-3)20(14-17)35-13-6-4-5-8-21(30)32/h9-10,14-16,18H,4-8,11-13H2,1-3H3,(H,27,28,29,33). The summed E-state index contributed by atoms with van der Waals surface area (Å²) in [7, 11) is 5.36. The summed E-state index contributed by atoms with van der Waals surface area (Å²) >= 11 is 0. The number of hydrogen-bond donors (Lipinski definition) is 1. The fourth-order valence-electron chi connectivity index (χ4n) is 4.27. The molecular weight excluding hydrogens is 448 g/mol. The lowest BCUT2D eigenvalue weighted by molar-refractivity contribution is -0.130. The number of carbonyl (C=O) groups excluding carboxylic acids is 2. The number of nitrogens with one attached hydrogen (secondary N) is 1. The minimum absolute atomic E-state index is 0.145. The van der Waals surface area contributed by atoms with E-state index in [1.807, 2.05) is 25.1 Å². The second-order valence-corrected chi connectivity index (χ2v) is 8.79. The zero-order valence-corrected chi connectivity index (χ0v) is 20.5. The van der Waals surface area contributed by atoms with Gasteiger partial charge in [0.25, 0.3) is 0 Å². The zero-order valence-electron chi connectivity index (χ0n) is 20.5. The molecule has 0 saturated heterocycles. The molecule has 35 heavy (non-hydrogen) atoms. The molecule has 0 aliphatic carbocycles. The summed E-state index contributed by atoms with van der Waals surface area (Å²) in [5, 5.41) is 2.83. The van der Waals surface area contributed by atoms with Gasteiger partial charge in [0, 0.05) is 45.9 Å². The maximum atomic E-state index is 12.8. The van der Waals surface area contributed by atoms with E-state index in [-0.39, 0.29) is 11.8 Å². The average Bonchev–Trinajstić information content (AvgIpc) is 3.18. The molecule has 1 N–H and O–H groups in total. The number of hydrogen-bond acceptors (Lipinski definition) is 8. The molecule has 1 atom stereocenters. The molecule has 2 aliphatic rings. The van der Waals surface area contributed by atoms with Gasteiger partial charge in [0.05, 0.1) is 25.0 Å². The zero-order chi connectivity index (χ0) is 24.8. The van der Waals surface area contributed by atoms with Crippen molar-refractivity contribution in [2.75, 3.05) is 51.1 Å². The first-order chi connectivity index (χ1) is 17.0. The molecule has 2 aromatic rings. The first-order valence-electron chi connectivity index (χ1n) is 11.9. The predicted octanol–water partition coefficient (Wildman–Crippen LogP) is 3.16. The normalized spacial score (nSPS) is 19.6. The largest absolute Gasteiger partial charge is 0.493 e. The van der Waals surface area contributed by atoms with E-state index in [2.05, 4.69) is 20.3 Å². The fraction of sp³-hybridized carbons (Fsp3) is 0.480. The van der Waals surface area contributed by atoms with E-state index in [9.17, 15) is 9.59 Å². The molecule has 1 aromatic carbocycles. The van der Waals surface area contributed by atoms with Gasteiger partial charge < -0.3 is 24.6 Å². The average molecular weight is 481 g/mol. The van der Waals surface area contributed by atoms with Crippen molar-refractivity contribution >= 4 is 35.4 Å². The third-order valence-corrected chi connectivity index (χ3v) is 6.28. The van der Waals surface area contributed by atoms with Gasteiger partial charge >= 0.3 is 0 Å². The van der Waals surface area contributed by atoms with Crippen molar-refractivity contribution in [3.8, 4) is 11.5 Å². The highest BCUT2D eigenvalue weighted by atomic mass is 16.5. The van der Waals surface area contributed by atoms with Crippen LogP contribution in [0.2, 0.25) is 0 Å². The van der Waals surface area contributed by atoms with Gasteiger partial charge in [0.1, 0.15) is 23.9 Å². The van der Waals surface area contributed by atoms with Crippen molar-refractivity contribution in [1.82, 2.24) is 14.9 Å². The number of aliphatic imine (C=N–C) groups is 1. The number of amides is 2. The second-order valence-electron chi connectivity index (χ2n) is 8.79. The Labute approximate surface area is 205 Å². The van der Waals surface area contributed by atoms with Crippen molar-refractivity contribution in [1.29, 1.82) is 0 Å². The van der Waals surface area contributed by atoms with Gasteiger partial charge in [-0.25, -0.2) is 9.97 Å². The predicted molar refractivity (Wildman–Crippen MR) is 134 cm³/mol. The Bertz CT molecular complexity index is 1110. The first-order valence-corrected chi connectivity index (χ1v) is 11.9. The van der Waals surface area contributed by atoms with Gasteiger partial charge in [-0.15, -0.1) is 0 Å². The SMILES string of the molecule is COc1ccc2cc1OCCCCCC(=O)N(C)CCCN(C)c1ncnc3c1C(C=N2)C(=O)N3. The van der Waals surface area contributed by atoms with Crippen LogP contribution in [0.5, 0.6) is 11.5 Å². The maximum absolute atomic E-state index is 12.8. The molecule has 2 bridgehead atoms. The van der Waals surface area contributed by atoms with Crippen LogP contribution in [0, 0.1) is 0 Å². The summed E-state index contributed by atoms with van der Waals surface area (Å²) in [6, 6.07) is 5.42. The van der Waals surface area contributed by atoms with Crippen LogP contribution in [0.15, 0.2) is 29.5 Å². The van der Waals surface area contributed by atoms with Crippen LogP contribution < -0.4 is 19.7 Å². The molecule has 0 saturated carbocycles. The minimum Gasteiger partial charge on any atom is -0.493 e. The van der Waals surface area contributed by atoms with E-state index in [1.165, 1.54) is 6.33 Å². The second kappa shape index (κ2) is 11.2. The lowest BCUT2D eigenvalue weighted by Crippen LogP contribution is -2.31. The van der Waals surface area contributed by atoms with Crippen molar-refractivity contribution in [2.45, 2.75) is 38.0 Å². The molecule has 0 radical (unpaired) electrons. The fourth-order valence-corrected chi connectivity index (χ4v) is 4.27. The van der Waals surface area contributed by atoms with Crippen molar-refractivity contribution in [2.24, 2.45) is 4.99 Å². The molecule has 10 nitrogen and oxygen atoms in total. The summed E-state index contributed by atoms with van der Waals surface area (Å²) in [5.74, 6) is 1.70. The number of nitrogens with zero attached hydrogens (tertiary/aromatic N) is 5. The molecule has 4 rings (SSSR count). The number of aromatic nitrogens is 2. The van der Waals surface area contributed by atoms with E-state index < -0.39 is 5.92 Å². The van der Waals surface area contributed by atoms with Crippen molar-refractivity contribution in [3.05, 3.63) is 30.1 Å². The van der Waals surface area contributed by atoms with Gasteiger partial charge in [-0.2, -0.15) is 0 Å². The van der Waals surface area contributed by atoms with Crippen LogP contribution in [0.4, 0.5) is 17.3 Å². The van der Waals surface area contributed by atoms with Gasteiger partial charge in [-0.3, -0.25) is 14.6 Å². The molecule has 1 aromatic heterocycles. The quantitative estimate of drug-likeness (QED) is 0.668. The molecule has 2 amide bonds. The molecule has 10 heteroatoms. The van der Waals surface area contributed by atoms with Crippen LogP contribution in [-0.4, -0.2) is 73.8 Å². The van der Waals surface area contributed by atoms with Crippen molar-refractivity contribution < 1.29 is 19.1 Å². The third kappa shape index (κ3) is 5.70. The highest BCUT2D eigenvalue weighted by Gasteiger charge is 2.34. The molecule has 0 fully saturated rings. The Morgan fingerprint density at radius 3 is 2.71 bits per heavy atom. The number of carbonyl (C=O) groups is 2. The van der Waals surface area contributed by atoms with Crippen LogP contribution in [0.25, 0.3) is 0 Å². The summed E-state index contributed by atoms with van der Waals surface area (Å²) in [6.07, 6.45) is 6.93. The summed E-state index contributed by atoms with van der Waals surface area (Å²) in [4.78, 5) is 42.3. The van der Waals surface area contributed by atoms with Gasteiger partial charge in [-0.05, 0) is 37.8 Å². The number of rotatable bonds is 1. The third-order valence-electron chi connectivity index (χ3n) is 6.28. The van der Waals surface area contributed by atoms with E-state index in [1.54, 1.807) is 30.4 Å².